The van der Waals surface area contributed by atoms with Crippen molar-refractivity contribution < 1.29 is 23.6 Å². The third-order valence-corrected chi connectivity index (χ3v) is 12.8. The van der Waals surface area contributed by atoms with Crippen molar-refractivity contribution in [3.05, 3.63) is 128 Å². The lowest BCUT2D eigenvalue weighted by atomic mass is 9.94. The van der Waals surface area contributed by atoms with E-state index in [0.29, 0.717) is 39.1 Å². The van der Waals surface area contributed by atoms with Gasteiger partial charge in [0.15, 0.2) is 5.69 Å². The number of piperidine rings is 2. The van der Waals surface area contributed by atoms with E-state index in [0.717, 1.165) is 56.4 Å². The predicted octanol–water partition coefficient (Wildman–Crippen LogP) is 4.20. The Morgan fingerprint density at radius 2 is 1.64 bits per heavy atom. The molecule has 0 aliphatic carbocycles. The van der Waals surface area contributed by atoms with Crippen LogP contribution >= 0.6 is 0 Å². The van der Waals surface area contributed by atoms with E-state index in [-0.39, 0.29) is 58.6 Å². The van der Waals surface area contributed by atoms with Gasteiger partial charge in [-0.15, -0.1) is 0 Å². The van der Waals surface area contributed by atoms with Crippen LogP contribution in [0.1, 0.15) is 70.1 Å². The van der Waals surface area contributed by atoms with E-state index in [4.69, 9.17) is 0 Å². The summed E-state index contributed by atoms with van der Waals surface area (Å²) in [5, 5.41) is 16.2. The minimum Gasteiger partial charge on any atom is -0.355 e. The molecule has 1 unspecified atom stereocenters. The van der Waals surface area contributed by atoms with Crippen LogP contribution in [0.4, 0.5) is 10.1 Å². The zero-order valence-corrected chi connectivity index (χ0v) is 37.4. The number of para-hydroxylation sites is 1. The van der Waals surface area contributed by atoms with Crippen LogP contribution in [0.3, 0.4) is 0 Å². The Kier molecular flexibility index (Phi) is 12.0. The molecular weight excluding hydrogens is 858 g/mol. The molecule has 2 saturated heterocycles. The number of carbonyl (C=O) groups excluding carboxylic acids is 4. The molecule has 0 saturated carbocycles. The second-order valence-corrected chi connectivity index (χ2v) is 17.0. The number of fused-ring (bicyclic) bond motifs is 2. The molecule has 17 nitrogen and oxygen atoms in total. The lowest BCUT2D eigenvalue weighted by molar-refractivity contribution is -0.135. The second kappa shape index (κ2) is 18.2. The van der Waals surface area contributed by atoms with E-state index in [1.165, 1.54) is 37.9 Å². The summed E-state index contributed by atoms with van der Waals surface area (Å²) in [6, 6.07) is 19.9. The van der Waals surface area contributed by atoms with Crippen molar-refractivity contribution in [1.29, 1.82) is 0 Å². The number of aryl methyl sites for hydroxylation is 4. The number of amides is 4. The van der Waals surface area contributed by atoms with Crippen LogP contribution < -0.4 is 27.3 Å². The first-order valence-electron chi connectivity index (χ1n) is 22.1. The molecule has 9 rings (SSSR count). The minimum atomic E-state index is -0.741. The minimum absolute atomic E-state index is 0.0187. The molecule has 7 aromatic rings. The molecule has 67 heavy (non-hydrogen) atoms. The van der Waals surface area contributed by atoms with Crippen LogP contribution in [0.5, 0.6) is 0 Å². The fraction of sp³-hybridized carbons (Fsp3) is 0.306. The molecule has 2 fully saturated rings. The van der Waals surface area contributed by atoms with Gasteiger partial charge < -0.3 is 15.5 Å². The van der Waals surface area contributed by atoms with Gasteiger partial charge in [-0.1, -0.05) is 36.1 Å². The highest BCUT2D eigenvalue weighted by atomic mass is 19.1. The summed E-state index contributed by atoms with van der Waals surface area (Å²) in [6.07, 6.45) is 5.06. The summed E-state index contributed by atoms with van der Waals surface area (Å²) in [7, 11) is 6.41. The predicted molar refractivity (Wildman–Crippen MR) is 249 cm³/mol. The maximum Gasteiger partial charge on any atom is 0.350 e. The van der Waals surface area contributed by atoms with Crippen molar-refractivity contribution >= 4 is 51.3 Å². The highest BCUT2D eigenvalue weighted by molar-refractivity contribution is 6.12. The smallest absolute Gasteiger partial charge is 0.350 e. The van der Waals surface area contributed by atoms with Crippen LogP contribution in [0.25, 0.3) is 38.8 Å². The molecule has 4 aromatic carbocycles. The molecule has 3 N–H and O–H groups in total. The second-order valence-electron chi connectivity index (χ2n) is 17.0. The summed E-state index contributed by atoms with van der Waals surface area (Å²) < 4.78 is 24.2. The number of nitrogens with zero attached hydrogens (tertiary/aromatic N) is 8. The topological polar surface area (TPSA) is 192 Å². The standard InChI is InChI=1S/C49H48FN11O6/c1-51-45(63)32-9-5-11-33(26-32)53-47(65)43-41-37(57(3)55-43)18-17-36(42(41)50)35-16-15-34(60-28-52-58(4)49(60)67)27-31(35)14-13-29-21-24-59(25-22-29)23-7-10-30-8-6-12-38-44(30)56(2)48(66)61(38)39-19-20-40(62)54-46(39)64/h5-6,8-9,11-12,15-18,26-29,39H,7,10,19-25H2,1-4H3,(H,51,63)(H,53,65)(H,54,62,64). The number of halogens is 1. The fourth-order valence-corrected chi connectivity index (χ4v) is 9.26. The third kappa shape index (κ3) is 8.45. The maximum absolute atomic E-state index is 17.0. The third-order valence-electron chi connectivity index (χ3n) is 12.8. The Balaban J connectivity index is 0.935. The lowest BCUT2D eigenvalue weighted by Crippen LogP contribution is -2.44. The number of likely N-dealkylation sites (tertiary alicyclic amines) is 1. The number of nitrogens with one attached hydrogen (secondary N) is 3. The summed E-state index contributed by atoms with van der Waals surface area (Å²) in [6.45, 7) is 2.47. The molecule has 2 aliphatic rings. The zero-order valence-electron chi connectivity index (χ0n) is 37.4. The molecule has 4 amide bonds. The van der Waals surface area contributed by atoms with Gasteiger partial charge in [-0.2, -0.15) is 10.2 Å². The van der Waals surface area contributed by atoms with E-state index >= 15 is 4.39 Å². The average molecular weight is 906 g/mol. The van der Waals surface area contributed by atoms with Crippen LogP contribution in [0.15, 0.2) is 88.7 Å². The van der Waals surface area contributed by atoms with E-state index in [1.54, 1.807) is 74.2 Å². The normalized spacial score (nSPS) is 15.7. The van der Waals surface area contributed by atoms with Crippen LogP contribution in [-0.2, 0) is 37.2 Å². The summed E-state index contributed by atoms with van der Waals surface area (Å²) >= 11 is 0. The van der Waals surface area contributed by atoms with Crippen molar-refractivity contribution in [2.75, 3.05) is 32.0 Å². The van der Waals surface area contributed by atoms with Gasteiger partial charge in [0.25, 0.3) is 11.8 Å². The average Bonchev–Trinajstić information content (AvgIpc) is 3.94. The van der Waals surface area contributed by atoms with E-state index in [1.807, 2.05) is 18.2 Å². The largest absolute Gasteiger partial charge is 0.355 e. The van der Waals surface area contributed by atoms with Crippen LogP contribution in [0.2, 0.25) is 0 Å². The maximum atomic E-state index is 17.0. The molecule has 342 valence electrons. The quantitative estimate of drug-likeness (QED) is 0.133. The Morgan fingerprint density at radius 3 is 2.39 bits per heavy atom. The van der Waals surface area contributed by atoms with Crippen LogP contribution in [-0.4, -0.2) is 88.5 Å². The number of anilines is 1. The summed E-state index contributed by atoms with van der Waals surface area (Å²) in [4.78, 5) is 79.2. The van der Waals surface area contributed by atoms with Gasteiger partial charge in [0.2, 0.25) is 11.8 Å². The monoisotopic (exact) mass is 905 g/mol. The number of carbonyl (C=O) groups is 4. The SMILES string of the molecule is CNC(=O)c1cccc(NC(=O)c2nn(C)c3ccc(-c4ccc(-n5cnn(C)c5=O)cc4C#CC4CCN(CCCc5cccc6c5n(C)c(=O)n6C5CCC(=O)NC5=O)CC4)c(F)c23)c1. The molecule has 0 spiro atoms. The van der Waals surface area contributed by atoms with Crippen molar-refractivity contribution in [3.8, 4) is 28.7 Å². The summed E-state index contributed by atoms with van der Waals surface area (Å²) in [5.74, 6) is 4.41. The van der Waals surface area contributed by atoms with Gasteiger partial charge in [-0.3, -0.25) is 38.3 Å². The zero-order chi connectivity index (χ0) is 47.1. The fourth-order valence-electron chi connectivity index (χ4n) is 9.26. The van der Waals surface area contributed by atoms with Gasteiger partial charge in [-0.05, 0) is 106 Å². The first-order valence-corrected chi connectivity index (χ1v) is 22.1. The Bertz CT molecular complexity index is 3340. The molecular formula is C49H48FN11O6. The van der Waals surface area contributed by atoms with Gasteiger partial charge in [-0.25, -0.2) is 23.2 Å². The van der Waals surface area contributed by atoms with E-state index in [9.17, 15) is 28.8 Å². The molecule has 5 heterocycles. The number of hydrogen-bond acceptors (Lipinski definition) is 9. The number of rotatable bonds is 10. The van der Waals surface area contributed by atoms with Crippen molar-refractivity contribution in [2.24, 2.45) is 27.1 Å². The van der Waals surface area contributed by atoms with E-state index in [2.05, 4.69) is 42.9 Å². The van der Waals surface area contributed by atoms with E-state index < -0.39 is 23.7 Å². The molecule has 1 atom stereocenters. The summed E-state index contributed by atoms with van der Waals surface area (Å²) in [5.41, 5.74) is 4.45. The Morgan fingerprint density at radius 1 is 0.866 bits per heavy atom. The highest BCUT2D eigenvalue weighted by Crippen LogP contribution is 2.34. The number of imidazole rings is 1. The molecule has 3 aromatic heterocycles. The van der Waals surface area contributed by atoms with Gasteiger partial charge in [0.05, 0.1) is 27.6 Å². The molecule has 0 radical (unpaired) electrons. The highest BCUT2D eigenvalue weighted by Gasteiger charge is 2.32. The van der Waals surface area contributed by atoms with Gasteiger partial charge in [0.1, 0.15) is 18.2 Å². The number of benzene rings is 4. The van der Waals surface area contributed by atoms with Gasteiger partial charge in [0, 0.05) is 68.5 Å². The Hall–Kier alpha value is -7.91. The molecule has 18 heteroatoms. The number of hydrogen-bond donors (Lipinski definition) is 3. The van der Waals surface area contributed by atoms with Crippen LogP contribution in [0, 0.1) is 23.6 Å². The molecule has 0 bridgehead atoms. The molecule has 2 aliphatic heterocycles. The van der Waals surface area contributed by atoms with Gasteiger partial charge >= 0.3 is 11.4 Å². The first-order chi connectivity index (χ1) is 32.3. The van der Waals surface area contributed by atoms with Crippen molar-refractivity contribution in [3.63, 3.8) is 0 Å². The Labute approximate surface area is 383 Å². The number of aromatic nitrogens is 7. The first kappa shape index (κ1) is 44.3. The van der Waals surface area contributed by atoms with Crippen molar-refractivity contribution in [2.45, 2.75) is 44.6 Å². The lowest BCUT2D eigenvalue weighted by Gasteiger charge is -2.29. The number of imide groups is 1. The van der Waals surface area contributed by atoms with Crippen molar-refractivity contribution in [1.82, 2.24) is 48.8 Å².